The van der Waals surface area contributed by atoms with Crippen LogP contribution >= 0.6 is 0 Å². The fourth-order valence-electron chi connectivity index (χ4n) is 8.59. The van der Waals surface area contributed by atoms with Crippen LogP contribution in [0, 0.1) is 6.07 Å². The minimum Gasteiger partial charge on any atom is -0.304 e. The monoisotopic (exact) mass is 879 g/mol. The molecule has 271 valence electrons. The smallest absolute Gasteiger partial charge is 0.0239 e. The molecule has 0 aliphatic heterocycles. The molecule has 0 bridgehead atoms. The molecular formula is C52H48IrN-. The van der Waals surface area contributed by atoms with Gasteiger partial charge in [-0.05, 0) is 106 Å². The second-order valence-electron chi connectivity index (χ2n) is 14.7. The number of nitrogens with zero attached hydrogens (tertiary/aromatic N) is 1. The van der Waals surface area contributed by atoms with Crippen molar-refractivity contribution in [2.24, 2.45) is 0 Å². The number of unbranched alkanes of at least 4 members (excludes halogenated alkanes) is 3. The van der Waals surface area contributed by atoms with Gasteiger partial charge < -0.3 is 4.98 Å². The molecule has 54 heavy (non-hydrogen) atoms. The van der Waals surface area contributed by atoms with E-state index in [4.69, 9.17) is 4.98 Å². The quantitative estimate of drug-likeness (QED) is 0.0831. The molecule has 1 aliphatic carbocycles. The van der Waals surface area contributed by atoms with E-state index in [0.717, 1.165) is 36.1 Å². The second kappa shape index (κ2) is 17.1. The topological polar surface area (TPSA) is 12.9 Å². The van der Waals surface area contributed by atoms with Gasteiger partial charge in [0.1, 0.15) is 0 Å². The van der Waals surface area contributed by atoms with Crippen LogP contribution in [-0.2, 0) is 38.4 Å². The van der Waals surface area contributed by atoms with Crippen molar-refractivity contribution in [3.05, 3.63) is 186 Å². The molecule has 1 heterocycles. The van der Waals surface area contributed by atoms with Crippen LogP contribution in [0.3, 0.4) is 0 Å². The fraction of sp³-hybridized carbons (Fsp3) is 0.212. The number of rotatable bonds is 13. The van der Waals surface area contributed by atoms with Crippen molar-refractivity contribution in [1.82, 2.24) is 4.98 Å². The molecule has 0 saturated carbocycles. The first-order valence-electron chi connectivity index (χ1n) is 19.6. The summed E-state index contributed by atoms with van der Waals surface area (Å²) >= 11 is 0. The molecule has 8 rings (SSSR count). The predicted molar refractivity (Wildman–Crippen MR) is 224 cm³/mol. The van der Waals surface area contributed by atoms with Crippen LogP contribution in [0.15, 0.2) is 158 Å². The maximum absolute atomic E-state index is 4.98. The number of pyridine rings is 1. The zero-order valence-corrected chi connectivity index (χ0v) is 33.8. The molecule has 1 radical (unpaired) electrons. The third kappa shape index (κ3) is 7.70. The molecule has 0 fully saturated rings. The molecule has 1 aliphatic rings. The van der Waals surface area contributed by atoms with Gasteiger partial charge in [0.25, 0.3) is 0 Å². The van der Waals surface area contributed by atoms with Gasteiger partial charge in [-0.15, -0.1) is 29.3 Å². The Hall–Kier alpha value is -4.88. The largest absolute Gasteiger partial charge is 0.304 e. The summed E-state index contributed by atoms with van der Waals surface area (Å²) in [7, 11) is 0. The van der Waals surface area contributed by atoms with E-state index < -0.39 is 0 Å². The Kier molecular flexibility index (Phi) is 11.8. The molecule has 0 spiro atoms. The van der Waals surface area contributed by atoms with E-state index in [1.807, 2.05) is 6.20 Å². The average Bonchev–Trinajstić information content (AvgIpc) is 3.52. The minimum absolute atomic E-state index is 0. The molecule has 6 aromatic carbocycles. The standard InChI is InChI=1S/C52H48N.Ir/c1-3-52(4-2)49-28-13-12-27-47(49)48-31-29-45(36-50(48)52)51-32-30-46(37-53-51)44-26-16-25-43(35-44)42-24-15-23-41(34-42)40-22-14-21-39(33-40)20-9-6-5-8-17-38-18-10-7-11-19-38;/h7,10-16,18-19,21-28,30-37H,3-6,8-9,17,20H2,1-2H3;/q-1;. The molecule has 1 nitrogen and oxygen atoms in total. The summed E-state index contributed by atoms with van der Waals surface area (Å²) in [5.41, 5.74) is 17.7. The molecule has 0 amide bonds. The van der Waals surface area contributed by atoms with E-state index in [1.54, 1.807) is 0 Å². The van der Waals surface area contributed by atoms with E-state index in [-0.39, 0.29) is 25.5 Å². The van der Waals surface area contributed by atoms with Crippen molar-refractivity contribution in [3.63, 3.8) is 0 Å². The van der Waals surface area contributed by atoms with Crippen LogP contribution in [0.1, 0.15) is 74.6 Å². The van der Waals surface area contributed by atoms with Crippen molar-refractivity contribution in [2.45, 2.75) is 70.6 Å². The maximum Gasteiger partial charge on any atom is 0.0239 e. The number of benzene rings is 6. The van der Waals surface area contributed by atoms with E-state index in [1.165, 1.54) is 93.3 Å². The van der Waals surface area contributed by atoms with Gasteiger partial charge in [0.15, 0.2) is 0 Å². The molecule has 7 aromatic rings. The van der Waals surface area contributed by atoms with Gasteiger partial charge in [0, 0.05) is 31.7 Å². The Bertz CT molecular complexity index is 2320. The van der Waals surface area contributed by atoms with Crippen molar-refractivity contribution in [3.8, 4) is 55.8 Å². The first-order chi connectivity index (χ1) is 26.1. The Morgan fingerprint density at radius 3 is 1.70 bits per heavy atom. The van der Waals surface area contributed by atoms with Crippen molar-refractivity contribution in [2.75, 3.05) is 0 Å². The van der Waals surface area contributed by atoms with Crippen molar-refractivity contribution in [1.29, 1.82) is 0 Å². The predicted octanol–water partition coefficient (Wildman–Crippen LogP) is 14.0. The van der Waals surface area contributed by atoms with Gasteiger partial charge >= 0.3 is 0 Å². The van der Waals surface area contributed by atoms with Crippen LogP contribution in [0.5, 0.6) is 0 Å². The third-order valence-corrected chi connectivity index (χ3v) is 11.6. The SMILES string of the molecule is CCC1(CC)c2ccccc2-c2c[c-]c(-c3ccc(-c4cccc(-c5cccc(-c6cccc(CCCCCCc7ccccc7)c6)c5)c4)cn3)cc21.[Ir]. The van der Waals surface area contributed by atoms with Crippen LogP contribution < -0.4 is 0 Å². The summed E-state index contributed by atoms with van der Waals surface area (Å²) in [4.78, 5) is 4.98. The van der Waals surface area contributed by atoms with Crippen LogP contribution in [-0.4, -0.2) is 4.98 Å². The average molecular weight is 879 g/mol. The molecule has 0 unspecified atom stereocenters. The Labute approximate surface area is 335 Å². The summed E-state index contributed by atoms with van der Waals surface area (Å²) in [5.74, 6) is 0. The molecule has 0 atom stereocenters. The Morgan fingerprint density at radius 2 is 1.06 bits per heavy atom. The first-order valence-corrected chi connectivity index (χ1v) is 19.6. The minimum atomic E-state index is 0. The molecule has 0 saturated heterocycles. The molecule has 2 heteroatoms. The Balaban J connectivity index is 0.00000450. The molecular weight excluding hydrogens is 831 g/mol. The Morgan fingerprint density at radius 1 is 0.481 bits per heavy atom. The normalized spacial score (nSPS) is 12.5. The van der Waals surface area contributed by atoms with Gasteiger partial charge in [-0.3, -0.25) is 0 Å². The number of aryl methyl sites for hydroxylation is 2. The summed E-state index contributed by atoms with van der Waals surface area (Å²) < 4.78 is 0. The van der Waals surface area contributed by atoms with Crippen LogP contribution in [0.25, 0.3) is 55.8 Å². The summed E-state index contributed by atoms with van der Waals surface area (Å²) in [5, 5.41) is 0. The second-order valence-corrected chi connectivity index (χ2v) is 14.7. The third-order valence-electron chi connectivity index (χ3n) is 11.6. The maximum atomic E-state index is 4.98. The summed E-state index contributed by atoms with van der Waals surface area (Å²) in [6, 6.07) is 59.2. The van der Waals surface area contributed by atoms with E-state index >= 15 is 0 Å². The zero-order chi connectivity index (χ0) is 36.0. The van der Waals surface area contributed by atoms with E-state index in [2.05, 4.69) is 172 Å². The number of aromatic nitrogens is 1. The fourth-order valence-corrected chi connectivity index (χ4v) is 8.59. The van der Waals surface area contributed by atoms with Gasteiger partial charge in [0.05, 0.1) is 0 Å². The molecule has 1 aromatic heterocycles. The zero-order valence-electron chi connectivity index (χ0n) is 31.4. The van der Waals surface area contributed by atoms with Crippen molar-refractivity contribution < 1.29 is 20.1 Å². The van der Waals surface area contributed by atoms with Gasteiger partial charge in [-0.2, -0.15) is 0 Å². The van der Waals surface area contributed by atoms with E-state index in [0.29, 0.717) is 0 Å². The number of hydrogen-bond acceptors (Lipinski definition) is 1. The summed E-state index contributed by atoms with van der Waals surface area (Å²) in [6.07, 6.45) is 11.5. The van der Waals surface area contributed by atoms with Crippen LogP contribution in [0.2, 0.25) is 0 Å². The molecule has 0 N–H and O–H groups in total. The van der Waals surface area contributed by atoms with Gasteiger partial charge in [-0.1, -0.05) is 165 Å². The van der Waals surface area contributed by atoms with Gasteiger partial charge in [-0.25, -0.2) is 0 Å². The van der Waals surface area contributed by atoms with Crippen molar-refractivity contribution >= 4 is 0 Å². The number of fused-ring (bicyclic) bond motifs is 3. The van der Waals surface area contributed by atoms with Crippen LogP contribution in [0.4, 0.5) is 0 Å². The summed E-state index contributed by atoms with van der Waals surface area (Å²) in [6.45, 7) is 4.64. The van der Waals surface area contributed by atoms with Gasteiger partial charge in [0.2, 0.25) is 0 Å². The van der Waals surface area contributed by atoms with E-state index in [9.17, 15) is 0 Å². The number of hydrogen-bond donors (Lipinski definition) is 0. The first kappa shape index (κ1) is 37.4.